The molecule has 2 N–H and O–H groups in total. The Kier molecular flexibility index (Phi) is 7.53. The molecule has 0 atom stereocenters. The topological polar surface area (TPSA) is 62.5 Å². The number of benzene rings is 1. The van der Waals surface area contributed by atoms with Crippen LogP contribution in [0.25, 0.3) is 11.3 Å². The number of carboxylic acids is 1. The van der Waals surface area contributed by atoms with Gasteiger partial charge in [-0.2, -0.15) is 0 Å². The lowest BCUT2D eigenvalue weighted by Gasteiger charge is -2.20. The van der Waals surface area contributed by atoms with E-state index in [9.17, 15) is 4.79 Å². The van der Waals surface area contributed by atoms with Crippen molar-refractivity contribution >= 4 is 18.4 Å². The fourth-order valence-corrected chi connectivity index (χ4v) is 3.31. The third-order valence-electron chi connectivity index (χ3n) is 4.75. The lowest BCUT2D eigenvalue weighted by Crippen LogP contribution is -2.29. The fourth-order valence-electron chi connectivity index (χ4n) is 3.31. The highest BCUT2D eigenvalue weighted by atomic mass is 35.5. The molecule has 0 unspecified atom stereocenters. The maximum absolute atomic E-state index is 10.9. The number of aromatic carboxylic acids is 1. The Morgan fingerprint density at radius 2 is 1.64 bits per heavy atom. The summed E-state index contributed by atoms with van der Waals surface area (Å²) >= 11 is 0. The monoisotopic (exact) mass is 363 g/mol. The van der Waals surface area contributed by atoms with Gasteiger partial charge in [-0.15, -0.1) is 12.4 Å². The summed E-state index contributed by atoms with van der Waals surface area (Å²) in [6.07, 6.45) is 9.24. The summed E-state index contributed by atoms with van der Waals surface area (Å²) in [5.41, 5.74) is 1.19. The van der Waals surface area contributed by atoms with Crippen LogP contribution in [0.5, 0.6) is 0 Å². The molecule has 1 aromatic carbocycles. The van der Waals surface area contributed by atoms with E-state index >= 15 is 0 Å². The molecule has 1 aromatic heterocycles. The molecule has 0 radical (unpaired) electrons. The van der Waals surface area contributed by atoms with Crippen molar-refractivity contribution in [2.45, 2.75) is 57.5 Å². The van der Waals surface area contributed by atoms with Crippen LogP contribution in [-0.2, 0) is 6.54 Å². The molecule has 1 aliphatic rings. The second kappa shape index (κ2) is 9.64. The molecule has 1 aliphatic carbocycles. The van der Waals surface area contributed by atoms with Crippen LogP contribution in [0.3, 0.4) is 0 Å². The zero-order valence-corrected chi connectivity index (χ0v) is 15.2. The minimum absolute atomic E-state index is 0. The minimum Gasteiger partial charge on any atom is -0.478 e. The van der Waals surface area contributed by atoms with Crippen LogP contribution in [0, 0.1) is 0 Å². The largest absolute Gasteiger partial charge is 0.478 e. The molecule has 0 amide bonds. The molecule has 2 aromatic rings. The van der Waals surface area contributed by atoms with Gasteiger partial charge in [-0.3, -0.25) is 0 Å². The van der Waals surface area contributed by atoms with Gasteiger partial charge in [0.2, 0.25) is 0 Å². The Morgan fingerprint density at radius 3 is 2.28 bits per heavy atom. The van der Waals surface area contributed by atoms with Gasteiger partial charge < -0.3 is 14.8 Å². The minimum atomic E-state index is -0.912. The molecule has 0 saturated heterocycles. The maximum Gasteiger partial charge on any atom is 0.335 e. The second-order valence-corrected chi connectivity index (χ2v) is 6.57. The lowest BCUT2D eigenvalue weighted by molar-refractivity contribution is 0.0697. The summed E-state index contributed by atoms with van der Waals surface area (Å²) in [5, 5.41) is 12.6. The first-order valence-electron chi connectivity index (χ1n) is 8.88. The first kappa shape index (κ1) is 19.5. The van der Waals surface area contributed by atoms with Gasteiger partial charge >= 0.3 is 5.97 Å². The van der Waals surface area contributed by atoms with Gasteiger partial charge in [0, 0.05) is 11.6 Å². The van der Waals surface area contributed by atoms with Crippen molar-refractivity contribution in [1.82, 2.24) is 5.32 Å². The van der Waals surface area contributed by atoms with Crippen molar-refractivity contribution in [3.05, 3.63) is 47.7 Å². The SMILES string of the molecule is Cl.O=C(O)c1ccc(-c2ccc(CNC3CCCCCCC3)o2)cc1. The number of nitrogens with one attached hydrogen (secondary N) is 1. The average molecular weight is 364 g/mol. The third kappa shape index (κ3) is 5.62. The van der Waals surface area contributed by atoms with Crippen molar-refractivity contribution < 1.29 is 14.3 Å². The molecule has 0 spiro atoms. The number of furan rings is 1. The predicted molar refractivity (Wildman–Crippen MR) is 101 cm³/mol. The highest BCUT2D eigenvalue weighted by Gasteiger charge is 2.12. The number of hydrogen-bond acceptors (Lipinski definition) is 3. The molecular formula is C20H26ClNO3. The second-order valence-electron chi connectivity index (χ2n) is 6.57. The molecule has 25 heavy (non-hydrogen) atoms. The Labute approximate surface area is 155 Å². The standard InChI is InChI=1S/C20H25NO3.ClH/c22-20(23)16-10-8-15(9-11-16)19-13-12-18(24-19)14-21-17-6-4-2-1-3-5-7-17;/h8-13,17,21H,1-7,14H2,(H,22,23);1H. The van der Waals surface area contributed by atoms with Gasteiger partial charge in [-0.25, -0.2) is 4.79 Å². The van der Waals surface area contributed by atoms with Gasteiger partial charge in [0.05, 0.1) is 12.1 Å². The molecule has 1 fully saturated rings. The van der Waals surface area contributed by atoms with E-state index in [0.717, 1.165) is 23.6 Å². The molecule has 136 valence electrons. The number of carboxylic acid groups (broad SMARTS) is 1. The summed E-state index contributed by atoms with van der Waals surface area (Å²) in [7, 11) is 0. The summed E-state index contributed by atoms with van der Waals surface area (Å²) in [4.78, 5) is 10.9. The zero-order valence-electron chi connectivity index (χ0n) is 14.4. The molecule has 3 rings (SSSR count). The van der Waals surface area contributed by atoms with Crippen LogP contribution < -0.4 is 5.32 Å². The number of carbonyl (C=O) groups is 1. The van der Waals surface area contributed by atoms with Crippen LogP contribution in [0.2, 0.25) is 0 Å². The average Bonchev–Trinajstić information content (AvgIpc) is 3.03. The van der Waals surface area contributed by atoms with E-state index in [0.29, 0.717) is 6.04 Å². The third-order valence-corrected chi connectivity index (χ3v) is 4.75. The number of rotatable bonds is 5. The van der Waals surface area contributed by atoms with E-state index in [-0.39, 0.29) is 18.0 Å². The van der Waals surface area contributed by atoms with Crippen LogP contribution >= 0.6 is 12.4 Å². The first-order chi connectivity index (χ1) is 11.7. The highest BCUT2D eigenvalue weighted by molar-refractivity contribution is 5.88. The van der Waals surface area contributed by atoms with E-state index in [1.54, 1.807) is 24.3 Å². The van der Waals surface area contributed by atoms with E-state index in [1.807, 2.05) is 12.1 Å². The fraction of sp³-hybridized carbons (Fsp3) is 0.450. The first-order valence-corrected chi connectivity index (χ1v) is 8.88. The van der Waals surface area contributed by atoms with E-state index in [4.69, 9.17) is 9.52 Å². The Hall–Kier alpha value is -1.78. The van der Waals surface area contributed by atoms with Crippen molar-refractivity contribution in [2.24, 2.45) is 0 Å². The molecule has 1 heterocycles. The van der Waals surface area contributed by atoms with Gasteiger partial charge in [0.15, 0.2) is 0 Å². The van der Waals surface area contributed by atoms with Gasteiger partial charge in [-0.1, -0.05) is 44.2 Å². The van der Waals surface area contributed by atoms with E-state index < -0.39 is 5.97 Å². The van der Waals surface area contributed by atoms with Crippen molar-refractivity contribution in [3.63, 3.8) is 0 Å². The predicted octanol–water partition coefficient (Wildman–Crippen LogP) is 5.27. The normalized spacial score (nSPS) is 15.8. The smallest absolute Gasteiger partial charge is 0.335 e. The number of halogens is 1. The van der Waals surface area contributed by atoms with Crippen molar-refractivity contribution in [3.8, 4) is 11.3 Å². The molecule has 0 bridgehead atoms. The molecule has 5 heteroatoms. The molecule has 1 saturated carbocycles. The summed E-state index contributed by atoms with van der Waals surface area (Å²) in [5.74, 6) is 0.792. The van der Waals surface area contributed by atoms with E-state index in [1.165, 1.54) is 44.9 Å². The lowest BCUT2D eigenvalue weighted by atomic mass is 9.97. The van der Waals surface area contributed by atoms with Gasteiger partial charge in [0.1, 0.15) is 11.5 Å². The van der Waals surface area contributed by atoms with Gasteiger partial charge in [0.25, 0.3) is 0 Å². The summed E-state index contributed by atoms with van der Waals surface area (Å²) in [6.45, 7) is 0.748. The quantitative estimate of drug-likeness (QED) is 0.759. The summed E-state index contributed by atoms with van der Waals surface area (Å²) < 4.78 is 5.91. The maximum atomic E-state index is 10.9. The van der Waals surface area contributed by atoms with Crippen LogP contribution in [-0.4, -0.2) is 17.1 Å². The number of hydrogen-bond donors (Lipinski definition) is 2. The Balaban J connectivity index is 0.00000225. The van der Waals surface area contributed by atoms with Crippen LogP contribution in [0.15, 0.2) is 40.8 Å². The molecule has 0 aliphatic heterocycles. The van der Waals surface area contributed by atoms with Gasteiger partial charge in [-0.05, 0) is 37.1 Å². The van der Waals surface area contributed by atoms with Crippen LogP contribution in [0.1, 0.15) is 61.1 Å². The van der Waals surface area contributed by atoms with Crippen LogP contribution in [0.4, 0.5) is 0 Å². The zero-order chi connectivity index (χ0) is 16.8. The van der Waals surface area contributed by atoms with Crippen molar-refractivity contribution in [1.29, 1.82) is 0 Å². The van der Waals surface area contributed by atoms with Crippen molar-refractivity contribution in [2.75, 3.05) is 0 Å². The summed E-state index contributed by atoms with van der Waals surface area (Å²) in [6, 6.07) is 11.3. The van der Waals surface area contributed by atoms with E-state index in [2.05, 4.69) is 5.32 Å². The molecule has 4 nitrogen and oxygen atoms in total. The Morgan fingerprint density at radius 1 is 1.00 bits per heavy atom. The highest BCUT2D eigenvalue weighted by Crippen LogP contribution is 2.23. The Bertz CT molecular complexity index is 658. The molecular weight excluding hydrogens is 338 g/mol.